The average molecular weight is 360 g/mol. The minimum absolute atomic E-state index is 0.161. The van der Waals surface area contributed by atoms with E-state index in [0.29, 0.717) is 18.5 Å². The van der Waals surface area contributed by atoms with Crippen LogP contribution in [0.4, 0.5) is 0 Å². The van der Waals surface area contributed by atoms with Gasteiger partial charge in [0.15, 0.2) is 0 Å². The minimum atomic E-state index is -0.594. The molecule has 1 aromatic carbocycles. The van der Waals surface area contributed by atoms with Crippen LogP contribution in [0.15, 0.2) is 48.8 Å². The lowest BCUT2D eigenvalue weighted by atomic mass is 10.0. The van der Waals surface area contributed by atoms with E-state index in [9.17, 15) is 14.4 Å². The first-order valence-corrected chi connectivity index (χ1v) is 8.82. The maximum atomic E-state index is 12.8. The molecule has 1 N–H and O–H groups in total. The number of pyridine rings is 1. The van der Waals surface area contributed by atoms with E-state index in [4.69, 9.17) is 0 Å². The molecule has 2 aliphatic heterocycles. The summed E-state index contributed by atoms with van der Waals surface area (Å²) >= 11 is 0. The molecule has 1 unspecified atom stereocenters. The van der Waals surface area contributed by atoms with Crippen molar-refractivity contribution in [3.8, 4) is 11.1 Å². The molecule has 5 rings (SSSR count). The number of hydrogen-bond acceptors (Lipinski definition) is 4. The highest BCUT2D eigenvalue weighted by atomic mass is 16.2. The zero-order chi connectivity index (χ0) is 18.5. The van der Waals surface area contributed by atoms with E-state index in [-0.39, 0.29) is 18.2 Å². The number of hydrogen-bond donors (Lipinski definition) is 1. The second-order valence-electron chi connectivity index (χ2n) is 6.86. The number of amides is 3. The number of rotatable bonds is 2. The second-order valence-corrected chi connectivity index (χ2v) is 6.86. The van der Waals surface area contributed by atoms with Gasteiger partial charge in [-0.1, -0.05) is 12.1 Å². The molecule has 3 amide bonds. The molecular weight excluding hydrogens is 344 g/mol. The summed E-state index contributed by atoms with van der Waals surface area (Å²) in [6.07, 6.45) is 4.32. The molecule has 4 heterocycles. The average Bonchev–Trinajstić information content (AvgIpc) is 3.23. The molecule has 0 bridgehead atoms. The number of nitrogens with zero attached hydrogens (tertiary/aromatic N) is 3. The van der Waals surface area contributed by atoms with Crippen LogP contribution < -0.4 is 5.32 Å². The van der Waals surface area contributed by atoms with Gasteiger partial charge in [-0.05, 0) is 41.8 Å². The van der Waals surface area contributed by atoms with E-state index in [0.717, 1.165) is 22.2 Å². The van der Waals surface area contributed by atoms with Gasteiger partial charge in [-0.15, -0.1) is 0 Å². The predicted molar refractivity (Wildman–Crippen MR) is 96.7 cm³/mol. The van der Waals surface area contributed by atoms with Gasteiger partial charge in [0.25, 0.3) is 5.91 Å². The number of imide groups is 1. The number of nitrogens with one attached hydrogen (secondary N) is 1. The van der Waals surface area contributed by atoms with Gasteiger partial charge in [0.05, 0.1) is 11.7 Å². The van der Waals surface area contributed by atoms with Crippen LogP contribution in [0.1, 0.15) is 28.8 Å². The van der Waals surface area contributed by atoms with Crippen LogP contribution in [-0.2, 0) is 16.1 Å². The van der Waals surface area contributed by atoms with Crippen LogP contribution in [0.3, 0.4) is 0 Å². The molecule has 1 fully saturated rings. The lowest BCUT2D eigenvalue weighted by molar-refractivity contribution is -0.136. The van der Waals surface area contributed by atoms with E-state index in [1.165, 1.54) is 0 Å². The van der Waals surface area contributed by atoms with Crippen LogP contribution in [0.2, 0.25) is 0 Å². The first kappa shape index (κ1) is 15.7. The molecular formula is C20H16N4O3. The van der Waals surface area contributed by atoms with Crippen molar-refractivity contribution >= 4 is 23.2 Å². The van der Waals surface area contributed by atoms with Gasteiger partial charge in [-0.2, -0.15) is 5.10 Å². The fourth-order valence-electron chi connectivity index (χ4n) is 3.90. The van der Waals surface area contributed by atoms with Crippen LogP contribution in [0, 0.1) is 0 Å². The highest BCUT2D eigenvalue weighted by molar-refractivity contribution is 6.05. The molecule has 3 aromatic rings. The third kappa shape index (κ3) is 2.43. The van der Waals surface area contributed by atoms with Crippen molar-refractivity contribution in [3.63, 3.8) is 0 Å². The van der Waals surface area contributed by atoms with Crippen LogP contribution in [-0.4, -0.2) is 38.3 Å². The predicted octanol–water partition coefficient (Wildman–Crippen LogP) is 1.76. The lowest BCUT2D eigenvalue weighted by Crippen LogP contribution is -2.52. The maximum Gasteiger partial charge on any atom is 0.255 e. The van der Waals surface area contributed by atoms with Crippen molar-refractivity contribution in [2.75, 3.05) is 0 Å². The number of carbonyl (C=O) groups is 3. The highest BCUT2D eigenvalue weighted by Crippen LogP contribution is 2.32. The summed E-state index contributed by atoms with van der Waals surface area (Å²) in [5.41, 5.74) is 4.46. The monoisotopic (exact) mass is 360 g/mol. The van der Waals surface area contributed by atoms with Crippen molar-refractivity contribution in [1.82, 2.24) is 19.8 Å². The molecule has 2 aromatic heterocycles. The normalized spacial score (nSPS) is 19.5. The summed E-state index contributed by atoms with van der Waals surface area (Å²) in [4.78, 5) is 37.9. The van der Waals surface area contributed by atoms with E-state index < -0.39 is 11.9 Å². The fourth-order valence-corrected chi connectivity index (χ4v) is 3.90. The topological polar surface area (TPSA) is 83.8 Å². The summed E-state index contributed by atoms with van der Waals surface area (Å²) in [5.74, 6) is -0.836. The Morgan fingerprint density at radius 1 is 1.07 bits per heavy atom. The van der Waals surface area contributed by atoms with Gasteiger partial charge in [-0.25, -0.2) is 4.52 Å². The third-order valence-electron chi connectivity index (χ3n) is 5.26. The second kappa shape index (κ2) is 5.77. The Labute approximate surface area is 154 Å². The van der Waals surface area contributed by atoms with Crippen molar-refractivity contribution < 1.29 is 14.4 Å². The molecule has 2 aliphatic rings. The van der Waals surface area contributed by atoms with Crippen molar-refractivity contribution in [3.05, 3.63) is 59.9 Å². The van der Waals surface area contributed by atoms with Crippen LogP contribution in [0.25, 0.3) is 16.6 Å². The molecule has 0 aliphatic carbocycles. The molecule has 7 nitrogen and oxygen atoms in total. The van der Waals surface area contributed by atoms with E-state index >= 15 is 0 Å². The zero-order valence-electron chi connectivity index (χ0n) is 14.4. The Morgan fingerprint density at radius 2 is 1.96 bits per heavy atom. The number of carbonyl (C=O) groups excluding carboxylic acids is 3. The summed E-state index contributed by atoms with van der Waals surface area (Å²) in [7, 11) is 0. The summed E-state index contributed by atoms with van der Waals surface area (Å²) in [5, 5.41) is 6.69. The third-order valence-corrected chi connectivity index (χ3v) is 5.26. The first-order valence-electron chi connectivity index (χ1n) is 8.82. The summed E-state index contributed by atoms with van der Waals surface area (Å²) < 4.78 is 1.81. The molecule has 134 valence electrons. The van der Waals surface area contributed by atoms with Crippen LogP contribution >= 0.6 is 0 Å². The smallest absolute Gasteiger partial charge is 0.255 e. The number of piperidine rings is 1. The Bertz CT molecular complexity index is 1120. The van der Waals surface area contributed by atoms with Crippen molar-refractivity contribution in [2.45, 2.75) is 25.4 Å². The van der Waals surface area contributed by atoms with Gasteiger partial charge in [-0.3, -0.25) is 19.7 Å². The Morgan fingerprint density at radius 3 is 2.81 bits per heavy atom. The molecule has 27 heavy (non-hydrogen) atoms. The Hall–Kier alpha value is -3.48. The maximum absolute atomic E-state index is 12.8. The van der Waals surface area contributed by atoms with Gasteiger partial charge in [0, 0.05) is 30.3 Å². The van der Waals surface area contributed by atoms with E-state index in [2.05, 4.69) is 10.4 Å². The fraction of sp³-hybridized carbons (Fsp3) is 0.200. The number of benzene rings is 1. The molecule has 1 atom stereocenters. The molecule has 0 saturated carbocycles. The van der Waals surface area contributed by atoms with Gasteiger partial charge < -0.3 is 4.90 Å². The van der Waals surface area contributed by atoms with Gasteiger partial charge >= 0.3 is 0 Å². The summed E-state index contributed by atoms with van der Waals surface area (Å²) in [6.45, 7) is 0.369. The van der Waals surface area contributed by atoms with Gasteiger partial charge in [0.2, 0.25) is 11.8 Å². The molecule has 1 saturated heterocycles. The number of fused-ring (bicyclic) bond motifs is 2. The van der Waals surface area contributed by atoms with Gasteiger partial charge in [0.1, 0.15) is 6.04 Å². The molecule has 0 spiro atoms. The number of aromatic nitrogens is 2. The van der Waals surface area contributed by atoms with Crippen molar-refractivity contribution in [2.24, 2.45) is 0 Å². The quantitative estimate of drug-likeness (QED) is 0.706. The Kier molecular flexibility index (Phi) is 3.36. The summed E-state index contributed by atoms with van der Waals surface area (Å²) in [6, 6.07) is 11.0. The standard InChI is InChI=1S/C20H16N4O3/c25-18-7-6-17(19(26)22-18)23-11-13-9-12(4-5-14(13)20(23)27)15-10-21-24-8-2-1-3-16(15)24/h1-5,8-10,17H,6-7,11H2,(H,22,25,26). The van der Waals surface area contributed by atoms with E-state index in [1.807, 2.05) is 53.3 Å². The van der Waals surface area contributed by atoms with Crippen molar-refractivity contribution in [1.29, 1.82) is 0 Å². The Balaban J connectivity index is 1.49. The lowest BCUT2D eigenvalue weighted by Gasteiger charge is -2.29. The zero-order valence-corrected chi connectivity index (χ0v) is 14.4. The molecule has 7 heteroatoms. The first-order chi connectivity index (χ1) is 13.1. The van der Waals surface area contributed by atoms with Crippen LogP contribution in [0.5, 0.6) is 0 Å². The van der Waals surface area contributed by atoms with E-state index in [1.54, 1.807) is 4.90 Å². The minimum Gasteiger partial charge on any atom is -0.322 e. The highest BCUT2D eigenvalue weighted by Gasteiger charge is 2.39. The SMILES string of the molecule is O=C1CCC(N2Cc3cc(-c4cnn5ccccc45)ccc3C2=O)C(=O)N1. The largest absolute Gasteiger partial charge is 0.322 e. The molecule has 0 radical (unpaired) electrons.